The SMILES string of the molecule is O=C(Nc1nn(-c2ccccc2)nc1-c1ccccc1)c1ccccc1. The highest BCUT2D eigenvalue weighted by atomic mass is 16.1. The Morgan fingerprint density at radius 2 is 1.31 bits per heavy atom. The van der Waals surface area contributed by atoms with Crippen LogP contribution in [-0.2, 0) is 0 Å². The molecule has 1 amide bonds. The first-order valence-electron chi connectivity index (χ1n) is 8.26. The van der Waals surface area contributed by atoms with E-state index in [2.05, 4.69) is 15.5 Å². The van der Waals surface area contributed by atoms with Gasteiger partial charge in [-0.1, -0.05) is 66.7 Å². The zero-order valence-corrected chi connectivity index (χ0v) is 13.9. The molecule has 126 valence electrons. The Hall–Kier alpha value is -3.73. The third kappa shape index (κ3) is 3.23. The van der Waals surface area contributed by atoms with Gasteiger partial charge in [-0.3, -0.25) is 4.79 Å². The summed E-state index contributed by atoms with van der Waals surface area (Å²) in [4.78, 5) is 14.1. The molecule has 5 nitrogen and oxygen atoms in total. The molecule has 0 saturated carbocycles. The van der Waals surface area contributed by atoms with Crippen molar-refractivity contribution in [2.75, 3.05) is 5.32 Å². The molecule has 1 N–H and O–H groups in total. The van der Waals surface area contributed by atoms with Crippen LogP contribution in [0.15, 0.2) is 91.0 Å². The van der Waals surface area contributed by atoms with Crippen molar-refractivity contribution in [1.29, 1.82) is 0 Å². The van der Waals surface area contributed by atoms with Crippen molar-refractivity contribution in [2.24, 2.45) is 0 Å². The van der Waals surface area contributed by atoms with E-state index in [-0.39, 0.29) is 5.91 Å². The van der Waals surface area contributed by atoms with E-state index in [1.165, 1.54) is 4.80 Å². The lowest BCUT2D eigenvalue weighted by Gasteiger charge is -2.03. The van der Waals surface area contributed by atoms with E-state index in [9.17, 15) is 4.79 Å². The van der Waals surface area contributed by atoms with Crippen LogP contribution in [0.5, 0.6) is 0 Å². The second kappa shape index (κ2) is 7.03. The molecule has 4 aromatic rings. The Kier molecular flexibility index (Phi) is 4.26. The molecule has 0 atom stereocenters. The molecule has 0 bridgehead atoms. The molecule has 0 fully saturated rings. The Balaban J connectivity index is 1.75. The van der Waals surface area contributed by atoms with Crippen LogP contribution in [0.25, 0.3) is 16.9 Å². The number of hydrogen-bond acceptors (Lipinski definition) is 3. The van der Waals surface area contributed by atoms with Crippen LogP contribution in [0, 0.1) is 0 Å². The third-order valence-corrected chi connectivity index (χ3v) is 3.92. The summed E-state index contributed by atoms with van der Waals surface area (Å²) >= 11 is 0. The second-order valence-electron chi connectivity index (χ2n) is 5.71. The zero-order valence-electron chi connectivity index (χ0n) is 13.9. The highest BCUT2D eigenvalue weighted by Gasteiger charge is 2.17. The number of nitrogens with zero attached hydrogens (tertiary/aromatic N) is 3. The average Bonchev–Trinajstić information content (AvgIpc) is 3.14. The fraction of sp³-hybridized carbons (Fsp3) is 0. The average molecular weight is 340 g/mol. The summed E-state index contributed by atoms with van der Waals surface area (Å²) < 4.78 is 0. The minimum Gasteiger partial charge on any atom is -0.303 e. The van der Waals surface area contributed by atoms with Crippen molar-refractivity contribution in [1.82, 2.24) is 15.0 Å². The normalized spacial score (nSPS) is 10.5. The van der Waals surface area contributed by atoms with Gasteiger partial charge >= 0.3 is 0 Å². The van der Waals surface area contributed by atoms with Gasteiger partial charge in [0.25, 0.3) is 5.91 Å². The van der Waals surface area contributed by atoms with Crippen molar-refractivity contribution in [3.05, 3.63) is 96.6 Å². The number of nitrogens with one attached hydrogen (secondary N) is 1. The molecule has 0 radical (unpaired) electrons. The molecule has 0 aliphatic carbocycles. The van der Waals surface area contributed by atoms with E-state index in [4.69, 9.17) is 0 Å². The first-order valence-corrected chi connectivity index (χ1v) is 8.26. The van der Waals surface area contributed by atoms with Gasteiger partial charge in [0.15, 0.2) is 5.82 Å². The predicted molar refractivity (Wildman–Crippen MR) is 101 cm³/mol. The van der Waals surface area contributed by atoms with Crippen molar-refractivity contribution < 1.29 is 4.79 Å². The first-order chi connectivity index (χ1) is 12.8. The predicted octanol–water partition coefficient (Wildman–Crippen LogP) is 4.19. The maximum atomic E-state index is 12.6. The van der Waals surface area contributed by atoms with Gasteiger partial charge < -0.3 is 5.32 Å². The van der Waals surface area contributed by atoms with Crippen LogP contribution in [0.4, 0.5) is 5.82 Å². The molecule has 4 rings (SSSR count). The number of carbonyl (C=O) groups is 1. The minimum atomic E-state index is -0.220. The summed E-state index contributed by atoms with van der Waals surface area (Å²) in [5.74, 6) is 0.205. The van der Waals surface area contributed by atoms with Gasteiger partial charge in [0.05, 0.1) is 5.69 Å². The topological polar surface area (TPSA) is 59.8 Å². The molecule has 0 aliphatic rings. The van der Waals surface area contributed by atoms with Crippen LogP contribution in [-0.4, -0.2) is 20.9 Å². The van der Waals surface area contributed by atoms with Crippen LogP contribution in [0.1, 0.15) is 10.4 Å². The first kappa shape index (κ1) is 15.8. The maximum absolute atomic E-state index is 12.6. The van der Waals surface area contributed by atoms with Crippen LogP contribution in [0.3, 0.4) is 0 Å². The van der Waals surface area contributed by atoms with Crippen LogP contribution < -0.4 is 5.32 Å². The van der Waals surface area contributed by atoms with E-state index >= 15 is 0 Å². The Morgan fingerprint density at radius 3 is 1.96 bits per heavy atom. The summed E-state index contributed by atoms with van der Waals surface area (Å²) in [5.41, 5.74) is 2.91. The van der Waals surface area contributed by atoms with Crippen LogP contribution >= 0.6 is 0 Å². The van der Waals surface area contributed by atoms with E-state index in [0.29, 0.717) is 17.1 Å². The number of carbonyl (C=O) groups excluding carboxylic acids is 1. The van der Waals surface area contributed by atoms with Crippen molar-refractivity contribution in [2.45, 2.75) is 0 Å². The van der Waals surface area contributed by atoms with Gasteiger partial charge in [-0.15, -0.1) is 15.0 Å². The molecule has 5 heteroatoms. The van der Waals surface area contributed by atoms with Gasteiger partial charge in [0.1, 0.15) is 5.69 Å². The molecule has 0 unspecified atom stereocenters. The van der Waals surface area contributed by atoms with Crippen LogP contribution in [0.2, 0.25) is 0 Å². The second-order valence-corrected chi connectivity index (χ2v) is 5.71. The van der Waals surface area contributed by atoms with E-state index < -0.39 is 0 Å². The zero-order chi connectivity index (χ0) is 17.8. The van der Waals surface area contributed by atoms with Crippen molar-refractivity contribution in [3.63, 3.8) is 0 Å². The summed E-state index contributed by atoms with van der Waals surface area (Å²) in [6.45, 7) is 0. The lowest BCUT2D eigenvalue weighted by atomic mass is 10.1. The molecule has 26 heavy (non-hydrogen) atoms. The lowest BCUT2D eigenvalue weighted by Crippen LogP contribution is -2.13. The van der Waals surface area contributed by atoms with E-state index in [0.717, 1.165) is 11.3 Å². The molecule has 1 heterocycles. The Morgan fingerprint density at radius 1 is 0.731 bits per heavy atom. The fourth-order valence-corrected chi connectivity index (χ4v) is 2.63. The fourth-order valence-electron chi connectivity index (χ4n) is 2.63. The number of aromatic nitrogens is 3. The third-order valence-electron chi connectivity index (χ3n) is 3.92. The summed E-state index contributed by atoms with van der Waals surface area (Å²) in [5, 5.41) is 12.0. The highest BCUT2D eigenvalue weighted by molar-refractivity contribution is 6.05. The Labute approximate surface area is 150 Å². The number of rotatable bonds is 4. The van der Waals surface area contributed by atoms with Gasteiger partial charge in [-0.25, -0.2) is 0 Å². The molecular formula is C21H16N4O. The van der Waals surface area contributed by atoms with Gasteiger partial charge in [-0.2, -0.15) is 0 Å². The monoisotopic (exact) mass is 340 g/mol. The van der Waals surface area contributed by atoms with E-state index in [1.807, 2.05) is 78.9 Å². The highest BCUT2D eigenvalue weighted by Crippen LogP contribution is 2.25. The number of para-hydroxylation sites is 1. The molecule has 0 saturated heterocycles. The quantitative estimate of drug-likeness (QED) is 0.606. The summed E-state index contributed by atoms with van der Waals surface area (Å²) in [6.07, 6.45) is 0. The standard InChI is InChI=1S/C21H16N4O/c26-21(17-12-6-2-7-13-17)22-20-19(16-10-4-1-5-11-16)23-25(24-20)18-14-8-3-9-15-18/h1-15H,(H,22,24,26). The summed E-state index contributed by atoms with van der Waals surface area (Å²) in [7, 11) is 0. The van der Waals surface area contributed by atoms with Gasteiger partial charge in [-0.05, 0) is 24.3 Å². The number of benzene rings is 3. The number of hydrogen-bond donors (Lipinski definition) is 1. The Bertz CT molecular complexity index is 1010. The molecule has 0 aliphatic heterocycles. The van der Waals surface area contributed by atoms with Crippen molar-refractivity contribution >= 4 is 11.7 Å². The van der Waals surface area contributed by atoms with E-state index in [1.54, 1.807) is 12.1 Å². The molecule has 1 aromatic heterocycles. The molecular weight excluding hydrogens is 324 g/mol. The van der Waals surface area contributed by atoms with Gasteiger partial charge in [0, 0.05) is 11.1 Å². The lowest BCUT2D eigenvalue weighted by molar-refractivity contribution is 0.102. The number of amides is 1. The minimum absolute atomic E-state index is 0.220. The van der Waals surface area contributed by atoms with Crippen molar-refractivity contribution in [3.8, 4) is 16.9 Å². The molecule has 0 spiro atoms. The molecule has 3 aromatic carbocycles. The van der Waals surface area contributed by atoms with Gasteiger partial charge in [0.2, 0.25) is 0 Å². The summed E-state index contributed by atoms with van der Waals surface area (Å²) in [6, 6.07) is 28.3. The smallest absolute Gasteiger partial charge is 0.256 e. The largest absolute Gasteiger partial charge is 0.303 e. The number of anilines is 1. The maximum Gasteiger partial charge on any atom is 0.256 e.